The van der Waals surface area contributed by atoms with E-state index in [0.717, 1.165) is 11.1 Å². The Labute approximate surface area is 134 Å². The predicted molar refractivity (Wildman–Crippen MR) is 85.0 cm³/mol. The van der Waals surface area contributed by atoms with Gasteiger partial charge in [-0.2, -0.15) is 0 Å². The molecule has 1 amide bonds. The van der Waals surface area contributed by atoms with Crippen LogP contribution in [0.3, 0.4) is 0 Å². The number of carbonyl (C=O) groups excluding carboxylic acids is 1. The van der Waals surface area contributed by atoms with E-state index in [1.807, 2.05) is 65.6 Å². The maximum atomic E-state index is 12.6. The molecule has 0 aliphatic heterocycles. The maximum absolute atomic E-state index is 12.6. The SMILES string of the molecule is O=C(Cn1cnnn1)N(Cc1ccccc1)Cc1ccccc1. The van der Waals surface area contributed by atoms with Crippen molar-refractivity contribution in [3.8, 4) is 0 Å². The lowest BCUT2D eigenvalue weighted by molar-refractivity contribution is -0.133. The summed E-state index contributed by atoms with van der Waals surface area (Å²) in [5.41, 5.74) is 2.18. The molecule has 0 unspecified atom stereocenters. The average molecular weight is 307 g/mol. The minimum atomic E-state index is -0.0231. The second kappa shape index (κ2) is 7.31. The lowest BCUT2D eigenvalue weighted by atomic mass is 10.1. The molecule has 0 radical (unpaired) electrons. The zero-order valence-corrected chi connectivity index (χ0v) is 12.6. The zero-order valence-electron chi connectivity index (χ0n) is 12.6. The number of nitrogens with zero attached hydrogens (tertiary/aromatic N) is 5. The molecule has 0 fully saturated rings. The van der Waals surface area contributed by atoms with Crippen molar-refractivity contribution >= 4 is 5.91 Å². The summed E-state index contributed by atoms with van der Waals surface area (Å²) in [4.78, 5) is 14.4. The molecule has 0 aliphatic carbocycles. The van der Waals surface area contributed by atoms with Crippen LogP contribution in [0.2, 0.25) is 0 Å². The van der Waals surface area contributed by atoms with E-state index in [4.69, 9.17) is 0 Å². The van der Waals surface area contributed by atoms with Gasteiger partial charge in [-0.25, -0.2) is 4.68 Å². The van der Waals surface area contributed by atoms with Crippen molar-refractivity contribution in [2.75, 3.05) is 0 Å². The second-order valence-electron chi connectivity index (χ2n) is 5.23. The van der Waals surface area contributed by atoms with Gasteiger partial charge in [0, 0.05) is 13.1 Å². The van der Waals surface area contributed by atoms with Gasteiger partial charge in [0.2, 0.25) is 5.91 Å². The number of rotatable bonds is 6. The van der Waals surface area contributed by atoms with Gasteiger partial charge in [-0.3, -0.25) is 4.79 Å². The van der Waals surface area contributed by atoms with Crippen LogP contribution in [0.5, 0.6) is 0 Å². The quantitative estimate of drug-likeness (QED) is 0.698. The fourth-order valence-corrected chi connectivity index (χ4v) is 2.33. The first-order valence-corrected chi connectivity index (χ1v) is 7.37. The van der Waals surface area contributed by atoms with Crippen LogP contribution in [-0.4, -0.2) is 31.0 Å². The molecular weight excluding hydrogens is 290 g/mol. The third-order valence-corrected chi connectivity index (χ3v) is 3.47. The average Bonchev–Trinajstić information content (AvgIpc) is 3.09. The molecule has 0 N–H and O–H groups in total. The van der Waals surface area contributed by atoms with E-state index in [9.17, 15) is 4.79 Å². The predicted octanol–water partition coefficient (Wildman–Crippen LogP) is 1.90. The molecule has 6 nitrogen and oxygen atoms in total. The van der Waals surface area contributed by atoms with E-state index in [-0.39, 0.29) is 12.5 Å². The largest absolute Gasteiger partial charge is 0.332 e. The Morgan fingerprint density at radius 1 is 0.913 bits per heavy atom. The van der Waals surface area contributed by atoms with Gasteiger partial charge < -0.3 is 4.90 Å². The molecule has 1 aromatic heterocycles. The second-order valence-corrected chi connectivity index (χ2v) is 5.23. The van der Waals surface area contributed by atoms with Gasteiger partial charge in [0.1, 0.15) is 12.9 Å². The van der Waals surface area contributed by atoms with Gasteiger partial charge in [-0.1, -0.05) is 60.7 Å². The number of hydrogen-bond donors (Lipinski definition) is 0. The fraction of sp³-hybridized carbons (Fsp3) is 0.176. The highest BCUT2D eigenvalue weighted by Crippen LogP contribution is 2.11. The minimum absolute atomic E-state index is 0.0231. The summed E-state index contributed by atoms with van der Waals surface area (Å²) in [5, 5.41) is 10.9. The molecule has 0 saturated carbocycles. The molecule has 0 atom stereocenters. The fourth-order valence-electron chi connectivity index (χ4n) is 2.33. The summed E-state index contributed by atoms with van der Waals surface area (Å²) in [7, 11) is 0. The summed E-state index contributed by atoms with van der Waals surface area (Å²) in [5.74, 6) is -0.0231. The summed E-state index contributed by atoms with van der Waals surface area (Å²) in [6.07, 6.45) is 1.45. The highest BCUT2D eigenvalue weighted by atomic mass is 16.2. The van der Waals surface area contributed by atoms with Crippen molar-refractivity contribution in [2.45, 2.75) is 19.6 Å². The first-order valence-electron chi connectivity index (χ1n) is 7.37. The topological polar surface area (TPSA) is 63.9 Å². The van der Waals surface area contributed by atoms with Crippen LogP contribution in [-0.2, 0) is 24.4 Å². The molecule has 23 heavy (non-hydrogen) atoms. The molecule has 3 aromatic rings. The number of benzene rings is 2. The highest BCUT2D eigenvalue weighted by Gasteiger charge is 2.15. The number of carbonyl (C=O) groups is 1. The van der Waals surface area contributed by atoms with E-state index >= 15 is 0 Å². The van der Waals surface area contributed by atoms with Crippen LogP contribution in [0.15, 0.2) is 67.0 Å². The van der Waals surface area contributed by atoms with E-state index in [1.165, 1.54) is 11.0 Å². The molecule has 6 heteroatoms. The number of amides is 1. The number of tetrazole rings is 1. The Balaban J connectivity index is 1.76. The Hall–Kier alpha value is -3.02. The van der Waals surface area contributed by atoms with Crippen molar-refractivity contribution in [3.63, 3.8) is 0 Å². The molecule has 0 aliphatic rings. The lowest BCUT2D eigenvalue weighted by Crippen LogP contribution is -2.33. The van der Waals surface area contributed by atoms with Crippen molar-refractivity contribution in [2.24, 2.45) is 0 Å². The summed E-state index contributed by atoms with van der Waals surface area (Å²) >= 11 is 0. The van der Waals surface area contributed by atoms with Gasteiger partial charge in [-0.15, -0.1) is 5.10 Å². The van der Waals surface area contributed by atoms with Crippen LogP contribution in [0.4, 0.5) is 0 Å². The van der Waals surface area contributed by atoms with Gasteiger partial charge >= 0.3 is 0 Å². The third kappa shape index (κ3) is 4.23. The Morgan fingerprint density at radius 2 is 1.48 bits per heavy atom. The first-order chi connectivity index (χ1) is 11.3. The van der Waals surface area contributed by atoms with E-state index in [2.05, 4.69) is 15.5 Å². The highest BCUT2D eigenvalue weighted by molar-refractivity contribution is 5.75. The lowest BCUT2D eigenvalue weighted by Gasteiger charge is -2.23. The molecule has 0 saturated heterocycles. The molecule has 3 rings (SSSR count). The van der Waals surface area contributed by atoms with Gasteiger partial charge in [0.15, 0.2) is 0 Å². The van der Waals surface area contributed by atoms with Gasteiger partial charge in [-0.05, 0) is 21.6 Å². The number of hydrogen-bond acceptors (Lipinski definition) is 4. The normalized spacial score (nSPS) is 10.4. The van der Waals surface area contributed by atoms with Crippen LogP contribution >= 0.6 is 0 Å². The van der Waals surface area contributed by atoms with Gasteiger partial charge in [0.25, 0.3) is 0 Å². The van der Waals surface area contributed by atoms with Crippen LogP contribution in [0.25, 0.3) is 0 Å². The summed E-state index contributed by atoms with van der Waals surface area (Å²) < 4.78 is 1.44. The molecule has 116 valence electrons. The minimum Gasteiger partial charge on any atom is -0.332 e. The zero-order chi connectivity index (χ0) is 15.9. The Morgan fingerprint density at radius 3 is 1.96 bits per heavy atom. The molecule has 0 spiro atoms. The maximum Gasteiger partial charge on any atom is 0.245 e. The summed E-state index contributed by atoms with van der Waals surface area (Å²) in [6.45, 7) is 1.24. The van der Waals surface area contributed by atoms with Crippen molar-refractivity contribution < 1.29 is 4.79 Å². The first kappa shape index (κ1) is 14.9. The molecule has 1 heterocycles. The van der Waals surface area contributed by atoms with E-state index < -0.39 is 0 Å². The molecule has 0 bridgehead atoms. The van der Waals surface area contributed by atoms with Crippen molar-refractivity contribution in [3.05, 3.63) is 78.1 Å². The third-order valence-electron chi connectivity index (χ3n) is 3.47. The van der Waals surface area contributed by atoms with Crippen LogP contribution < -0.4 is 0 Å². The molecular formula is C17H17N5O. The summed E-state index contributed by atoms with van der Waals surface area (Å²) in [6, 6.07) is 19.9. The van der Waals surface area contributed by atoms with Crippen LogP contribution in [0.1, 0.15) is 11.1 Å². The Bertz CT molecular complexity index is 687. The monoisotopic (exact) mass is 307 g/mol. The number of aromatic nitrogens is 4. The van der Waals surface area contributed by atoms with Gasteiger partial charge in [0.05, 0.1) is 0 Å². The van der Waals surface area contributed by atoms with Crippen molar-refractivity contribution in [1.29, 1.82) is 0 Å². The molecule has 2 aromatic carbocycles. The smallest absolute Gasteiger partial charge is 0.245 e. The standard InChI is InChI=1S/C17H17N5O/c23-17(13-22-14-18-19-20-22)21(11-15-7-3-1-4-8-15)12-16-9-5-2-6-10-16/h1-10,14H,11-13H2. The van der Waals surface area contributed by atoms with E-state index in [0.29, 0.717) is 13.1 Å². The van der Waals surface area contributed by atoms with E-state index in [1.54, 1.807) is 0 Å². The Kier molecular flexibility index (Phi) is 4.73. The van der Waals surface area contributed by atoms with Crippen LogP contribution in [0, 0.1) is 0 Å². The van der Waals surface area contributed by atoms with Crippen molar-refractivity contribution in [1.82, 2.24) is 25.1 Å².